The number of ketones is 2. The molecule has 556 valence electrons. The van der Waals surface area contributed by atoms with Crippen LogP contribution in [-0.4, -0.2) is 215 Å². The van der Waals surface area contributed by atoms with Gasteiger partial charge in [0.15, 0.2) is 0 Å². The third-order valence-electron chi connectivity index (χ3n) is 13.9. The third-order valence-corrected chi connectivity index (χ3v) is 20.8. The molecule has 106 heavy (non-hydrogen) atoms. The van der Waals surface area contributed by atoms with E-state index in [1.54, 1.807) is 40.3 Å². The molecule has 6 N–H and O–H groups in total. The lowest BCUT2D eigenvalue weighted by atomic mass is 10.1. The quantitative estimate of drug-likeness (QED) is 0.0304. The summed E-state index contributed by atoms with van der Waals surface area (Å²) >= 11 is 30.5. The van der Waals surface area contributed by atoms with Crippen LogP contribution < -0.4 is 10.1 Å². The number of nitrogens with one attached hydrogen (secondary N) is 1. The molecule has 0 radical (unpaired) electrons. The van der Waals surface area contributed by atoms with Crippen LogP contribution in [0.3, 0.4) is 0 Å². The number of amides is 8. The highest BCUT2D eigenvalue weighted by Crippen LogP contribution is 2.40. The predicted molar refractivity (Wildman–Crippen MR) is 419 cm³/mol. The molecule has 0 atom stereocenters. The Hall–Kier alpha value is -9.38. The van der Waals surface area contributed by atoms with E-state index >= 15 is 0 Å². The molecule has 5 aliphatic heterocycles. The average Bonchev–Trinajstić information content (AvgIpc) is 1.69. The van der Waals surface area contributed by atoms with E-state index < -0.39 is 46.9 Å². The topological polar surface area (TPSA) is 316 Å². The first-order valence-corrected chi connectivity index (χ1v) is 36.1. The summed E-state index contributed by atoms with van der Waals surface area (Å²) in [6.07, 6.45) is 6.96. The van der Waals surface area contributed by atoms with Gasteiger partial charge in [-0.15, -0.1) is 0 Å². The maximum atomic E-state index is 13.2. The molecule has 0 unspecified atom stereocenters. The van der Waals surface area contributed by atoms with Gasteiger partial charge in [0.05, 0.1) is 44.7 Å². The zero-order valence-electron chi connectivity index (χ0n) is 56.5. The third kappa shape index (κ3) is 23.6. The van der Waals surface area contributed by atoms with Gasteiger partial charge in [-0.05, 0) is 135 Å². The minimum atomic E-state index is -0.528. The van der Waals surface area contributed by atoms with Crippen molar-refractivity contribution in [1.82, 2.24) is 39.6 Å². The molecule has 5 fully saturated rings. The highest BCUT2D eigenvalue weighted by Gasteiger charge is 2.38. The van der Waals surface area contributed by atoms with Crippen LogP contribution in [0.1, 0.15) is 41.7 Å². The van der Waals surface area contributed by atoms with Crippen LogP contribution in [-0.2, 0) is 47.9 Å². The van der Waals surface area contributed by atoms with Crippen LogP contribution in [0.15, 0.2) is 116 Å². The highest BCUT2D eigenvalue weighted by molar-refractivity contribution is 8.28. The van der Waals surface area contributed by atoms with E-state index in [4.69, 9.17) is 65.8 Å². The molecule has 24 nitrogen and oxygen atoms in total. The summed E-state index contributed by atoms with van der Waals surface area (Å²) in [4.78, 5) is 128. The Morgan fingerprint density at radius 2 is 0.632 bits per heavy atom. The van der Waals surface area contributed by atoms with E-state index in [-0.39, 0.29) is 156 Å². The molecular formula is C68H60F4N8O16S10. The van der Waals surface area contributed by atoms with Crippen molar-refractivity contribution in [3.63, 3.8) is 0 Å². The second-order valence-electron chi connectivity index (χ2n) is 22.2. The van der Waals surface area contributed by atoms with Crippen LogP contribution in [0.25, 0.3) is 30.4 Å². The number of thioether (sulfide) groups is 5. The fraction of sp³-hybridized carbons (Fsp3) is 0.191. The number of nitrogens with zero attached hydrogens (tertiary/aromatic N) is 7. The van der Waals surface area contributed by atoms with Gasteiger partial charge in [0, 0.05) is 63.1 Å². The van der Waals surface area contributed by atoms with Crippen molar-refractivity contribution in [1.29, 1.82) is 0 Å². The van der Waals surface area contributed by atoms with Crippen molar-refractivity contribution < 1.29 is 95.8 Å². The maximum absolute atomic E-state index is 13.2. The van der Waals surface area contributed by atoms with Crippen molar-refractivity contribution in [2.45, 2.75) is 13.8 Å². The second kappa shape index (κ2) is 38.8. The normalized spacial score (nSPS) is 16.7. The van der Waals surface area contributed by atoms with Crippen molar-refractivity contribution in [2.75, 3.05) is 75.1 Å². The van der Waals surface area contributed by atoms with Gasteiger partial charge in [0.25, 0.3) is 29.5 Å². The van der Waals surface area contributed by atoms with E-state index in [2.05, 4.69) is 5.32 Å². The van der Waals surface area contributed by atoms with Crippen LogP contribution in [0.5, 0.6) is 34.5 Å². The molecule has 0 aliphatic carbocycles. The van der Waals surface area contributed by atoms with Crippen LogP contribution in [0, 0.1) is 23.3 Å². The Morgan fingerprint density at radius 1 is 0.406 bits per heavy atom. The number of carbonyl (C=O) groups excluding carboxylic acids is 10. The number of halogens is 4. The summed E-state index contributed by atoms with van der Waals surface area (Å²) in [5, 5.41) is 50.9. The number of hydrogen-bond acceptors (Lipinski definition) is 26. The number of methoxy groups -OCH3 is 1. The Balaban J connectivity index is 0.000000208. The molecule has 0 spiro atoms. The van der Waals surface area contributed by atoms with Crippen molar-refractivity contribution in [2.24, 2.45) is 0 Å². The molecule has 0 aromatic heterocycles. The van der Waals surface area contributed by atoms with Crippen molar-refractivity contribution >= 4 is 231 Å². The average molecular weight is 1640 g/mol. The van der Waals surface area contributed by atoms with Gasteiger partial charge in [-0.1, -0.05) is 120 Å². The Labute approximate surface area is 651 Å². The molecular weight excluding hydrogens is 1580 g/mol. The summed E-state index contributed by atoms with van der Waals surface area (Å²) in [5.41, 5.74) is 1.18. The van der Waals surface area contributed by atoms with Gasteiger partial charge in [-0.25, -0.2) is 17.6 Å². The predicted octanol–water partition coefficient (Wildman–Crippen LogP) is 9.63. The van der Waals surface area contributed by atoms with E-state index in [0.717, 1.165) is 112 Å². The summed E-state index contributed by atoms with van der Waals surface area (Å²) in [6, 6.07) is 18.5. The number of carbonyl (C=O) groups is 10. The molecule has 8 amide bonds. The Kier molecular flexibility index (Phi) is 31.3. The summed E-state index contributed by atoms with van der Waals surface area (Å²) in [5.74, 6) is -5.32. The number of ether oxygens (including phenoxy) is 1. The van der Waals surface area contributed by atoms with Gasteiger partial charge in [-0.3, -0.25) is 72.4 Å². The zero-order chi connectivity index (χ0) is 78.9. The minimum absolute atomic E-state index is 0.0282. The van der Waals surface area contributed by atoms with Gasteiger partial charge >= 0.3 is 0 Å². The summed E-state index contributed by atoms with van der Waals surface area (Å²) in [7, 11) is 9.37. The monoisotopic (exact) mass is 1640 g/mol. The molecule has 5 saturated heterocycles. The number of phenols is 5. The second-order valence-corrected chi connectivity index (χ2v) is 30.6. The van der Waals surface area contributed by atoms with Gasteiger partial charge in [0.1, 0.15) is 111 Å². The molecule has 5 aromatic rings. The molecule has 10 rings (SSSR count). The largest absolute Gasteiger partial charge is 0.507 e. The van der Waals surface area contributed by atoms with Crippen LogP contribution in [0.4, 0.5) is 17.6 Å². The number of hydrogen-bond donors (Lipinski definition) is 6. The standard InChI is InChI=1S/C15H16N2O4S2.C14H13FN2O3S2.C13H11FN2O3S2.2C13H10FNO3S2/c1-16(2)13(19)8-17-14(20)12(23-15(17)22)7-9-6-10(21-3)4-5-11(9)18;1-16(2)12(19)7-17-13(20)11(22-14(17)21)6-8-5-9(15)3-4-10(8)18;1-15-11(18)6-16-12(19)10(21-13(16)20)5-7-4-8(14)2-3-9(7)17;2*1-7(16)6-15-12(18)11(20-13(15)19)5-8-4-9(14)2-3-10(8)17/h4-7,18H,8H2,1-3H3;3-6,18H,7H2,1-2H3;2-5,17H,6H2,1H3,(H,15,18);2*2-5,17H,6H2,1H3/b12-7-;11-6-;10-5-;2*11-5-. The SMILES string of the molecule is CC(=O)CN1C(=O)/C(=C/c2cc(F)ccc2O)SC1=S.CC(=O)CN1C(=O)/C(=C/c2cc(F)ccc2O)SC1=S.CN(C)C(=O)CN1C(=O)/C(=C/c2cc(F)ccc2O)SC1=S.CNC(=O)CN1C(=O)/C(=C/c2cc(F)ccc2O)SC1=S.COc1ccc(O)c(/C=C2\SC(=S)N(CC(=O)N(C)C)C2=O)c1. The first-order valence-electron chi connectivity index (χ1n) is 30.0. The number of likely N-dealkylation sites (N-methyl/N-ethyl adjacent to an activating group) is 3. The summed E-state index contributed by atoms with van der Waals surface area (Å²) in [6.45, 7) is 2.13. The van der Waals surface area contributed by atoms with E-state index in [1.807, 2.05) is 0 Å². The first kappa shape index (κ1) is 85.5. The zero-order valence-corrected chi connectivity index (χ0v) is 64.7. The van der Waals surface area contributed by atoms with Crippen LogP contribution >= 0.6 is 120 Å². The Bertz CT molecular complexity index is 4560. The summed E-state index contributed by atoms with van der Waals surface area (Å²) < 4.78 is 59.1. The number of phenolic OH excluding ortho intramolecular Hbond substituents is 5. The highest BCUT2D eigenvalue weighted by atomic mass is 32.2. The Morgan fingerprint density at radius 3 is 0.858 bits per heavy atom. The molecule has 0 bridgehead atoms. The lowest BCUT2D eigenvalue weighted by molar-refractivity contribution is -0.133. The lowest BCUT2D eigenvalue weighted by Gasteiger charge is -2.17. The molecule has 5 aliphatic rings. The number of aromatic hydroxyl groups is 5. The van der Waals surface area contributed by atoms with Gasteiger partial charge < -0.3 is 45.4 Å². The van der Waals surface area contributed by atoms with E-state index in [1.165, 1.54) is 118 Å². The smallest absolute Gasteiger partial charge is 0.266 e. The van der Waals surface area contributed by atoms with Gasteiger partial charge in [0.2, 0.25) is 17.7 Å². The lowest BCUT2D eigenvalue weighted by Crippen LogP contribution is -2.38. The fourth-order valence-electron chi connectivity index (χ4n) is 8.45. The van der Waals surface area contributed by atoms with Crippen molar-refractivity contribution in [3.8, 4) is 34.5 Å². The first-order chi connectivity index (χ1) is 49.8. The number of thiocarbonyl (C=S) groups is 5. The molecule has 5 heterocycles. The number of Topliss-reactive ketones (excluding diaryl/α,β-unsaturated/α-hetero) is 2. The number of rotatable bonds is 16. The van der Waals surface area contributed by atoms with Crippen LogP contribution in [0.2, 0.25) is 0 Å². The molecule has 38 heteroatoms. The van der Waals surface area contributed by atoms with E-state index in [0.29, 0.717) is 20.5 Å². The molecule has 0 saturated carbocycles. The fourth-order valence-corrected chi connectivity index (χ4v) is 14.7. The number of benzene rings is 5. The maximum Gasteiger partial charge on any atom is 0.266 e. The molecule has 5 aromatic carbocycles. The van der Waals surface area contributed by atoms with E-state index in [9.17, 15) is 91.0 Å². The van der Waals surface area contributed by atoms with Crippen molar-refractivity contribution in [3.05, 3.63) is 167 Å². The minimum Gasteiger partial charge on any atom is -0.507 e. The van der Waals surface area contributed by atoms with Gasteiger partial charge in [-0.2, -0.15) is 0 Å².